The number of benzene rings is 2. The number of carbonyl (C=O) groups is 1. The lowest BCUT2D eigenvalue weighted by Gasteiger charge is -2.26. The van der Waals surface area contributed by atoms with Crippen LogP contribution in [0.1, 0.15) is 5.56 Å². The molecule has 1 aliphatic rings. The van der Waals surface area contributed by atoms with E-state index in [9.17, 15) is 17.6 Å². The third-order valence-electron chi connectivity index (χ3n) is 4.45. The normalized spacial score (nSPS) is 15.1. The molecular formula is C20H23FN2O5S. The Balaban J connectivity index is 1.44. The lowest BCUT2D eigenvalue weighted by molar-refractivity contribution is -0.123. The summed E-state index contributed by atoms with van der Waals surface area (Å²) in [6, 6.07) is 12.1. The smallest absolute Gasteiger partial charge is 0.257 e. The second kappa shape index (κ2) is 9.82. The first-order chi connectivity index (χ1) is 13.9. The Morgan fingerprint density at radius 1 is 1.07 bits per heavy atom. The summed E-state index contributed by atoms with van der Waals surface area (Å²) in [4.78, 5) is 12.1. The molecule has 3 rings (SSSR count). The third-order valence-corrected chi connectivity index (χ3v) is 6.36. The quantitative estimate of drug-likeness (QED) is 0.698. The fraction of sp³-hybridized carbons (Fsp3) is 0.350. The van der Waals surface area contributed by atoms with Gasteiger partial charge in [-0.25, -0.2) is 12.8 Å². The Bertz CT molecular complexity index is 911. The van der Waals surface area contributed by atoms with Gasteiger partial charge in [-0.2, -0.15) is 4.31 Å². The molecule has 0 bridgehead atoms. The number of rotatable bonds is 8. The number of amides is 1. The summed E-state index contributed by atoms with van der Waals surface area (Å²) in [5, 5.41) is 2.73. The summed E-state index contributed by atoms with van der Waals surface area (Å²) < 4.78 is 49.9. The zero-order valence-corrected chi connectivity index (χ0v) is 16.7. The molecule has 2 aromatic carbocycles. The van der Waals surface area contributed by atoms with Crippen molar-refractivity contribution in [3.05, 3.63) is 59.9 Å². The van der Waals surface area contributed by atoms with Gasteiger partial charge in [0.15, 0.2) is 6.61 Å². The van der Waals surface area contributed by atoms with Crippen molar-refractivity contribution >= 4 is 15.9 Å². The molecule has 0 saturated carbocycles. The standard InChI is InChI=1S/C20H23FN2O5S/c21-17-3-5-18(6-4-17)28-15-20(24)22-10-9-16-1-7-19(8-2-16)29(25,26)23-11-13-27-14-12-23/h1-8H,9-15H2,(H,22,24). The SMILES string of the molecule is O=C(COc1ccc(F)cc1)NCCc1ccc(S(=O)(=O)N2CCOCC2)cc1. The minimum Gasteiger partial charge on any atom is -0.484 e. The van der Waals surface area contributed by atoms with Crippen LogP contribution < -0.4 is 10.1 Å². The first-order valence-corrected chi connectivity index (χ1v) is 10.7. The molecule has 0 unspecified atom stereocenters. The van der Waals surface area contributed by atoms with Crippen molar-refractivity contribution in [2.75, 3.05) is 39.5 Å². The highest BCUT2D eigenvalue weighted by atomic mass is 32.2. The van der Waals surface area contributed by atoms with Gasteiger partial charge in [0.1, 0.15) is 11.6 Å². The highest BCUT2D eigenvalue weighted by Gasteiger charge is 2.25. The van der Waals surface area contributed by atoms with E-state index in [0.717, 1.165) is 5.56 Å². The van der Waals surface area contributed by atoms with Crippen LogP contribution in [0, 0.1) is 5.82 Å². The maximum absolute atomic E-state index is 12.8. The van der Waals surface area contributed by atoms with Crippen LogP contribution in [0.2, 0.25) is 0 Å². The molecule has 0 spiro atoms. The van der Waals surface area contributed by atoms with Crippen LogP contribution in [-0.2, 0) is 26.0 Å². The fourth-order valence-corrected chi connectivity index (χ4v) is 4.25. The second-order valence-corrected chi connectivity index (χ2v) is 8.44. The van der Waals surface area contributed by atoms with Crippen LogP contribution in [0.3, 0.4) is 0 Å². The molecule has 1 fully saturated rings. The fourth-order valence-electron chi connectivity index (χ4n) is 2.84. The van der Waals surface area contributed by atoms with Gasteiger partial charge in [-0.1, -0.05) is 12.1 Å². The predicted molar refractivity (Wildman–Crippen MR) is 105 cm³/mol. The van der Waals surface area contributed by atoms with E-state index in [4.69, 9.17) is 9.47 Å². The average molecular weight is 422 g/mol. The van der Waals surface area contributed by atoms with Gasteiger partial charge in [0.25, 0.3) is 5.91 Å². The molecule has 0 aliphatic carbocycles. The Labute approximate surface area is 169 Å². The van der Waals surface area contributed by atoms with Gasteiger partial charge in [-0.15, -0.1) is 0 Å². The summed E-state index contributed by atoms with van der Waals surface area (Å²) in [5.41, 5.74) is 0.908. The average Bonchev–Trinajstić information content (AvgIpc) is 2.74. The van der Waals surface area contributed by atoms with Gasteiger partial charge in [0, 0.05) is 19.6 Å². The summed E-state index contributed by atoms with van der Waals surface area (Å²) >= 11 is 0. The first kappa shape index (κ1) is 21.2. The molecule has 29 heavy (non-hydrogen) atoms. The molecule has 1 heterocycles. The van der Waals surface area contributed by atoms with Gasteiger partial charge < -0.3 is 14.8 Å². The van der Waals surface area contributed by atoms with Crippen molar-refractivity contribution in [3.63, 3.8) is 0 Å². The number of hydrogen-bond acceptors (Lipinski definition) is 5. The Kier molecular flexibility index (Phi) is 7.18. The number of nitrogens with one attached hydrogen (secondary N) is 1. The predicted octanol–water partition coefficient (Wildman–Crippen LogP) is 1.58. The van der Waals surface area contributed by atoms with Crippen molar-refractivity contribution in [3.8, 4) is 5.75 Å². The number of nitrogens with zero attached hydrogens (tertiary/aromatic N) is 1. The molecule has 1 saturated heterocycles. The first-order valence-electron chi connectivity index (χ1n) is 9.27. The Morgan fingerprint density at radius 3 is 2.38 bits per heavy atom. The molecule has 1 N–H and O–H groups in total. The van der Waals surface area contributed by atoms with E-state index in [2.05, 4.69) is 5.32 Å². The molecule has 1 amide bonds. The summed E-state index contributed by atoms with van der Waals surface area (Å²) in [7, 11) is -3.51. The van der Waals surface area contributed by atoms with E-state index in [1.165, 1.54) is 28.6 Å². The van der Waals surface area contributed by atoms with Crippen molar-refractivity contribution in [1.82, 2.24) is 9.62 Å². The highest BCUT2D eigenvalue weighted by Crippen LogP contribution is 2.18. The molecule has 7 nitrogen and oxygen atoms in total. The van der Waals surface area contributed by atoms with Crippen LogP contribution in [0.15, 0.2) is 53.4 Å². The number of carbonyl (C=O) groups excluding carboxylic acids is 1. The third kappa shape index (κ3) is 5.99. The largest absolute Gasteiger partial charge is 0.484 e. The Hall–Kier alpha value is -2.49. The number of halogens is 1. The van der Waals surface area contributed by atoms with Gasteiger partial charge in [-0.3, -0.25) is 4.79 Å². The van der Waals surface area contributed by atoms with Crippen molar-refractivity contribution in [1.29, 1.82) is 0 Å². The Morgan fingerprint density at radius 2 is 1.72 bits per heavy atom. The molecule has 156 valence electrons. The van der Waals surface area contributed by atoms with Gasteiger partial charge in [0.2, 0.25) is 10.0 Å². The lowest BCUT2D eigenvalue weighted by Crippen LogP contribution is -2.40. The molecule has 0 atom stereocenters. The molecule has 0 aromatic heterocycles. The maximum atomic E-state index is 12.8. The van der Waals surface area contributed by atoms with E-state index in [1.54, 1.807) is 24.3 Å². The summed E-state index contributed by atoms with van der Waals surface area (Å²) in [5.74, 6) is -0.245. The molecule has 1 aliphatic heterocycles. The van der Waals surface area contributed by atoms with Crippen LogP contribution in [-0.4, -0.2) is 58.1 Å². The maximum Gasteiger partial charge on any atom is 0.257 e. The molecular weight excluding hydrogens is 399 g/mol. The number of ether oxygens (including phenoxy) is 2. The van der Waals surface area contributed by atoms with Crippen LogP contribution in [0.4, 0.5) is 4.39 Å². The number of sulfonamides is 1. The van der Waals surface area contributed by atoms with Crippen molar-refractivity contribution in [2.45, 2.75) is 11.3 Å². The van der Waals surface area contributed by atoms with Gasteiger partial charge in [0.05, 0.1) is 18.1 Å². The van der Waals surface area contributed by atoms with E-state index in [1.807, 2.05) is 0 Å². The monoisotopic (exact) mass is 422 g/mol. The topological polar surface area (TPSA) is 84.9 Å². The molecule has 0 radical (unpaired) electrons. The summed E-state index contributed by atoms with van der Waals surface area (Å²) in [6.07, 6.45) is 0.556. The summed E-state index contributed by atoms with van der Waals surface area (Å²) in [6.45, 7) is 1.75. The van der Waals surface area contributed by atoms with Crippen LogP contribution in [0.25, 0.3) is 0 Å². The zero-order valence-electron chi connectivity index (χ0n) is 15.8. The second-order valence-electron chi connectivity index (χ2n) is 6.50. The zero-order chi connectivity index (χ0) is 20.7. The van der Waals surface area contributed by atoms with Crippen molar-refractivity contribution < 1.29 is 27.1 Å². The van der Waals surface area contributed by atoms with Gasteiger partial charge in [-0.05, 0) is 48.4 Å². The van der Waals surface area contributed by atoms with Crippen LogP contribution >= 0.6 is 0 Å². The number of morpholine rings is 1. The van der Waals surface area contributed by atoms with Crippen molar-refractivity contribution in [2.24, 2.45) is 0 Å². The van der Waals surface area contributed by atoms with E-state index in [0.29, 0.717) is 45.0 Å². The van der Waals surface area contributed by atoms with E-state index < -0.39 is 10.0 Å². The van der Waals surface area contributed by atoms with E-state index >= 15 is 0 Å². The van der Waals surface area contributed by atoms with Gasteiger partial charge >= 0.3 is 0 Å². The minimum atomic E-state index is -3.51. The van der Waals surface area contributed by atoms with Crippen LogP contribution in [0.5, 0.6) is 5.75 Å². The lowest BCUT2D eigenvalue weighted by atomic mass is 10.1. The van der Waals surface area contributed by atoms with E-state index in [-0.39, 0.29) is 23.2 Å². The molecule has 9 heteroatoms. The molecule has 2 aromatic rings. The number of hydrogen-bond donors (Lipinski definition) is 1. The minimum absolute atomic E-state index is 0.164. The highest BCUT2D eigenvalue weighted by molar-refractivity contribution is 7.89.